The van der Waals surface area contributed by atoms with Crippen LogP contribution in [-0.4, -0.2) is 36.6 Å². The molecule has 1 heterocycles. The van der Waals surface area contributed by atoms with Crippen LogP contribution in [0.25, 0.3) is 0 Å². The van der Waals surface area contributed by atoms with Gasteiger partial charge >= 0.3 is 0 Å². The van der Waals surface area contributed by atoms with Crippen molar-refractivity contribution in [2.24, 2.45) is 17.8 Å². The molecule has 2 saturated carbocycles. The van der Waals surface area contributed by atoms with Gasteiger partial charge in [-0.05, 0) is 63.4 Å². The van der Waals surface area contributed by atoms with Gasteiger partial charge in [-0.15, -0.1) is 0 Å². The molecule has 0 aromatic carbocycles. The van der Waals surface area contributed by atoms with Crippen molar-refractivity contribution >= 4 is 5.91 Å². The van der Waals surface area contributed by atoms with Gasteiger partial charge in [0.15, 0.2) is 5.76 Å². The molecule has 3 atom stereocenters. The van der Waals surface area contributed by atoms with E-state index >= 15 is 0 Å². The first-order valence-electron chi connectivity index (χ1n) is 9.64. The van der Waals surface area contributed by atoms with E-state index in [0.717, 1.165) is 25.7 Å². The van der Waals surface area contributed by atoms with Crippen LogP contribution in [-0.2, 0) is 14.3 Å². The van der Waals surface area contributed by atoms with E-state index in [1.807, 2.05) is 6.92 Å². The summed E-state index contributed by atoms with van der Waals surface area (Å²) in [7, 11) is 0. The number of nitrogens with one attached hydrogen (secondary N) is 1. The molecule has 0 spiro atoms. The summed E-state index contributed by atoms with van der Waals surface area (Å²) in [6.07, 6.45) is 10.4. The molecule has 2 fully saturated rings. The monoisotopic (exact) mass is 337 g/mol. The first-order valence-corrected chi connectivity index (χ1v) is 9.64. The number of ether oxygens (including phenoxy) is 2. The van der Waals surface area contributed by atoms with Crippen molar-refractivity contribution < 1.29 is 19.4 Å². The predicted molar refractivity (Wildman–Crippen MR) is 91.0 cm³/mol. The molecule has 5 nitrogen and oxygen atoms in total. The van der Waals surface area contributed by atoms with Crippen LogP contribution in [0.2, 0.25) is 0 Å². The lowest BCUT2D eigenvalue weighted by Gasteiger charge is -2.39. The van der Waals surface area contributed by atoms with Crippen LogP contribution >= 0.6 is 0 Å². The van der Waals surface area contributed by atoms with E-state index in [1.165, 1.54) is 25.7 Å². The average Bonchev–Trinajstić information content (AvgIpc) is 3.23. The van der Waals surface area contributed by atoms with Gasteiger partial charge in [0.1, 0.15) is 0 Å². The highest BCUT2D eigenvalue weighted by molar-refractivity contribution is 5.92. The molecule has 2 N–H and O–H groups in total. The van der Waals surface area contributed by atoms with Gasteiger partial charge in [-0.3, -0.25) is 4.79 Å². The van der Waals surface area contributed by atoms with Crippen LogP contribution < -0.4 is 5.32 Å². The number of hydrogen-bond acceptors (Lipinski definition) is 4. The number of aliphatic hydroxyl groups is 1. The van der Waals surface area contributed by atoms with Crippen molar-refractivity contribution in [3.8, 4) is 0 Å². The van der Waals surface area contributed by atoms with Gasteiger partial charge in [0.05, 0.1) is 0 Å². The third-order valence-corrected chi connectivity index (χ3v) is 5.54. The van der Waals surface area contributed by atoms with Crippen LogP contribution in [0.15, 0.2) is 11.8 Å². The first-order chi connectivity index (χ1) is 11.7. The zero-order valence-electron chi connectivity index (χ0n) is 14.7. The van der Waals surface area contributed by atoms with Gasteiger partial charge in [-0.1, -0.05) is 12.8 Å². The fraction of sp³-hybridized carbons (Fsp3) is 0.842. The maximum absolute atomic E-state index is 12.5. The minimum absolute atomic E-state index is 0.0918. The molecular weight excluding hydrogens is 306 g/mol. The Kier molecular flexibility index (Phi) is 6.17. The van der Waals surface area contributed by atoms with Crippen LogP contribution in [0, 0.1) is 17.8 Å². The van der Waals surface area contributed by atoms with Gasteiger partial charge in [0.25, 0.3) is 5.91 Å². The maximum Gasteiger partial charge on any atom is 0.286 e. The van der Waals surface area contributed by atoms with Crippen molar-refractivity contribution in [2.45, 2.75) is 70.6 Å². The zero-order chi connectivity index (χ0) is 16.9. The number of hydrogen-bond donors (Lipinski definition) is 2. The molecule has 1 amide bonds. The Balaban J connectivity index is 1.79. The van der Waals surface area contributed by atoms with Crippen molar-refractivity contribution in [3.63, 3.8) is 0 Å². The van der Waals surface area contributed by atoms with Gasteiger partial charge in [-0.25, -0.2) is 0 Å². The van der Waals surface area contributed by atoms with E-state index in [1.54, 1.807) is 0 Å². The number of rotatable bonds is 8. The Labute approximate surface area is 144 Å². The summed E-state index contributed by atoms with van der Waals surface area (Å²) < 4.78 is 11.8. The summed E-state index contributed by atoms with van der Waals surface area (Å²) in [5, 5.41) is 12.3. The second kappa shape index (κ2) is 8.34. The number of aliphatic hydroxyl groups excluding tert-OH is 1. The SMILES string of the molecule is CCO[C@@H]1OC(C(=O)NC2CC2)=C[C@H](C2CCCC2)[C@@H]1CCCO. The van der Waals surface area contributed by atoms with Gasteiger partial charge in [-0.2, -0.15) is 0 Å². The number of carbonyl (C=O) groups excluding carboxylic acids is 1. The molecule has 5 heteroatoms. The van der Waals surface area contributed by atoms with E-state index in [2.05, 4.69) is 11.4 Å². The summed E-state index contributed by atoms with van der Waals surface area (Å²) in [4.78, 5) is 12.5. The van der Waals surface area contributed by atoms with E-state index in [0.29, 0.717) is 30.2 Å². The van der Waals surface area contributed by atoms with Crippen LogP contribution in [0.4, 0.5) is 0 Å². The van der Waals surface area contributed by atoms with E-state index in [4.69, 9.17) is 9.47 Å². The minimum Gasteiger partial charge on any atom is -0.459 e. The molecule has 0 saturated heterocycles. The third-order valence-electron chi connectivity index (χ3n) is 5.54. The first kappa shape index (κ1) is 17.7. The second-order valence-electron chi connectivity index (χ2n) is 7.37. The normalized spacial score (nSPS) is 30.8. The molecule has 0 bridgehead atoms. The molecule has 0 aromatic rings. The van der Waals surface area contributed by atoms with Crippen molar-refractivity contribution in [1.82, 2.24) is 5.32 Å². The molecule has 136 valence electrons. The molecule has 0 aromatic heterocycles. The Bertz CT molecular complexity index is 454. The summed E-state index contributed by atoms with van der Waals surface area (Å²) in [6.45, 7) is 2.71. The standard InChI is InChI=1S/C19H31NO4/c1-2-23-19-15(8-5-11-21)16(13-6-3-4-7-13)12-17(24-19)18(22)20-14-9-10-14/h12-16,19,21H,2-11H2,1H3,(H,20,22)/t15-,16+,19+/m0/s1. The topological polar surface area (TPSA) is 67.8 Å². The molecule has 24 heavy (non-hydrogen) atoms. The fourth-order valence-corrected chi connectivity index (χ4v) is 4.15. The van der Waals surface area contributed by atoms with Crippen molar-refractivity contribution in [2.75, 3.05) is 13.2 Å². The van der Waals surface area contributed by atoms with E-state index < -0.39 is 0 Å². The van der Waals surface area contributed by atoms with E-state index in [-0.39, 0.29) is 24.7 Å². The summed E-state index contributed by atoms with van der Waals surface area (Å²) in [5.74, 6) is 1.48. The predicted octanol–water partition coefficient (Wildman–Crippen LogP) is 2.74. The largest absolute Gasteiger partial charge is 0.459 e. The molecule has 2 aliphatic carbocycles. The molecule has 0 radical (unpaired) electrons. The molecule has 3 rings (SSSR count). The van der Waals surface area contributed by atoms with Crippen molar-refractivity contribution in [1.29, 1.82) is 0 Å². The molecular formula is C19H31NO4. The summed E-state index contributed by atoms with van der Waals surface area (Å²) >= 11 is 0. The summed E-state index contributed by atoms with van der Waals surface area (Å²) in [6, 6.07) is 0.324. The average molecular weight is 337 g/mol. The Morgan fingerprint density at radius 1 is 1.33 bits per heavy atom. The van der Waals surface area contributed by atoms with E-state index in [9.17, 15) is 9.90 Å². The lowest BCUT2D eigenvalue weighted by molar-refractivity contribution is -0.176. The second-order valence-corrected chi connectivity index (χ2v) is 7.37. The quantitative estimate of drug-likeness (QED) is 0.715. The Morgan fingerprint density at radius 2 is 2.08 bits per heavy atom. The smallest absolute Gasteiger partial charge is 0.286 e. The van der Waals surface area contributed by atoms with Crippen LogP contribution in [0.1, 0.15) is 58.3 Å². The highest BCUT2D eigenvalue weighted by Gasteiger charge is 2.41. The van der Waals surface area contributed by atoms with Gasteiger partial charge in [0, 0.05) is 25.2 Å². The lowest BCUT2D eigenvalue weighted by atomic mass is 9.76. The highest BCUT2D eigenvalue weighted by atomic mass is 16.7. The minimum atomic E-state index is -0.378. The number of amides is 1. The summed E-state index contributed by atoms with van der Waals surface area (Å²) in [5.41, 5.74) is 0. The molecule has 1 aliphatic heterocycles. The van der Waals surface area contributed by atoms with Gasteiger partial charge < -0.3 is 19.9 Å². The molecule has 3 aliphatic rings. The fourth-order valence-electron chi connectivity index (χ4n) is 4.15. The number of carbonyl (C=O) groups is 1. The van der Waals surface area contributed by atoms with Crippen LogP contribution in [0.3, 0.4) is 0 Å². The number of allylic oxidation sites excluding steroid dienone is 1. The van der Waals surface area contributed by atoms with Crippen LogP contribution in [0.5, 0.6) is 0 Å². The van der Waals surface area contributed by atoms with Crippen molar-refractivity contribution in [3.05, 3.63) is 11.8 Å². The molecule has 0 unspecified atom stereocenters. The zero-order valence-corrected chi connectivity index (χ0v) is 14.7. The van der Waals surface area contributed by atoms with Gasteiger partial charge in [0.2, 0.25) is 6.29 Å². The Morgan fingerprint density at radius 3 is 2.71 bits per heavy atom. The third kappa shape index (κ3) is 4.31. The lowest BCUT2D eigenvalue weighted by Crippen LogP contribution is -2.42. The Hall–Kier alpha value is -1.07. The highest BCUT2D eigenvalue weighted by Crippen LogP contribution is 2.43. The maximum atomic E-state index is 12.5.